The van der Waals surface area contributed by atoms with Crippen molar-refractivity contribution in [1.29, 1.82) is 0 Å². The fourth-order valence-corrected chi connectivity index (χ4v) is 2.46. The molecule has 0 bridgehead atoms. The third-order valence-corrected chi connectivity index (χ3v) is 3.52. The summed E-state index contributed by atoms with van der Waals surface area (Å²) in [6.07, 6.45) is 2.32. The molecule has 0 atom stereocenters. The Labute approximate surface area is 112 Å². The molecule has 1 saturated carbocycles. The number of hydrogen-bond acceptors (Lipinski definition) is 2. The predicted octanol–water partition coefficient (Wildman–Crippen LogP) is 3.37. The summed E-state index contributed by atoms with van der Waals surface area (Å²) in [6.45, 7) is 6.43. The summed E-state index contributed by atoms with van der Waals surface area (Å²) in [6, 6.07) is 5.68. The molecule has 0 saturated heterocycles. The zero-order chi connectivity index (χ0) is 13.8. The molecule has 19 heavy (non-hydrogen) atoms. The Balaban J connectivity index is 2.28. The van der Waals surface area contributed by atoms with E-state index < -0.39 is 5.97 Å². The molecule has 2 aromatic rings. The summed E-state index contributed by atoms with van der Waals surface area (Å²) in [5, 5.41) is 9.13. The smallest absolute Gasteiger partial charge is 0.335 e. The summed E-state index contributed by atoms with van der Waals surface area (Å²) in [7, 11) is 0. The highest BCUT2D eigenvalue weighted by atomic mass is 16.4. The van der Waals surface area contributed by atoms with Gasteiger partial charge in [0, 0.05) is 11.5 Å². The number of imidazole rings is 1. The monoisotopic (exact) mass is 258 g/mol. The van der Waals surface area contributed by atoms with E-state index in [0.29, 0.717) is 11.6 Å². The van der Waals surface area contributed by atoms with Crippen LogP contribution < -0.4 is 0 Å². The van der Waals surface area contributed by atoms with Crippen LogP contribution in [0.2, 0.25) is 0 Å². The van der Waals surface area contributed by atoms with Gasteiger partial charge in [-0.05, 0) is 31.0 Å². The number of aromatic carboxylic acids is 1. The zero-order valence-corrected chi connectivity index (χ0v) is 11.5. The third-order valence-electron chi connectivity index (χ3n) is 3.52. The van der Waals surface area contributed by atoms with Gasteiger partial charge in [0.2, 0.25) is 0 Å². The van der Waals surface area contributed by atoms with E-state index in [2.05, 4.69) is 25.3 Å². The van der Waals surface area contributed by atoms with E-state index in [9.17, 15) is 4.79 Å². The van der Waals surface area contributed by atoms with E-state index in [1.807, 2.05) is 6.07 Å². The SMILES string of the molecule is CC(C)(C)c1nc2ccc(C(=O)O)cc2n1C1CC1. The van der Waals surface area contributed by atoms with Crippen molar-refractivity contribution in [3.05, 3.63) is 29.6 Å². The second-order valence-electron chi connectivity index (χ2n) is 6.30. The van der Waals surface area contributed by atoms with Crippen molar-refractivity contribution in [2.24, 2.45) is 0 Å². The van der Waals surface area contributed by atoms with Gasteiger partial charge < -0.3 is 9.67 Å². The standard InChI is InChI=1S/C15H18N2O2/c1-15(2,3)14-16-11-7-4-9(13(18)19)8-12(11)17(14)10-5-6-10/h4,7-8,10H,5-6H2,1-3H3,(H,18,19). The Morgan fingerprint density at radius 2 is 2.05 bits per heavy atom. The van der Waals surface area contributed by atoms with Gasteiger partial charge in [0.15, 0.2) is 0 Å². The maximum Gasteiger partial charge on any atom is 0.335 e. The Morgan fingerprint density at radius 3 is 2.58 bits per heavy atom. The second-order valence-corrected chi connectivity index (χ2v) is 6.30. The molecule has 0 amide bonds. The lowest BCUT2D eigenvalue weighted by Crippen LogP contribution is -2.18. The van der Waals surface area contributed by atoms with E-state index in [4.69, 9.17) is 10.1 Å². The molecule has 0 radical (unpaired) electrons. The van der Waals surface area contributed by atoms with Crippen molar-refractivity contribution >= 4 is 17.0 Å². The second kappa shape index (κ2) is 3.83. The van der Waals surface area contributed by atoms with Crippen molar-refractivity contribution in [1.82, 2.24) is 9.55 Å². The first-order valence-corrected chi connectivity index (χ1v) is 6.63. The third kappa shape index (κ3) is 2.01. The van der Waals surface area contributed by atoms with Gasteiger partial charge in [0.25, 0.3) is 0 Å². The van der Waals surface area contributed by atoms with Crippen molar-refractivity contribution in [2.75, 3.05) is 0 Å². The highest BCUT2D eigenvalue weighted by Gasteiger charge is 2.32. The van der Waals surface area contributed by atoms with E-state index in [0.717, 1.165) is 29.7 Å². The Kier molecular flexibility index (Phi) is 2.46. The van der Waals surface area contributed by atoms with Crippen LogP contribution in [0.4, 0.5) is 0 Å². The zero-order valence-electron chi connectivity index (χ0n) is 11.5. The fourth-order valence-electron chi connectivity index (χ4n) is 2.46. The Bertz CT molecular complexity index is 661. The average Bonchev–Trinajstić information content (AvgIpc) is 3.07. The molecule has 0 aliphatic heterocycles. The molecular formula is C15H18N2O2. The number of nitrogens with zero attached hydrogens (tertiary/aromatic N) is 2. The summed E-state index contributed by atoms with van der Waals surface area (Å²) >= 11 is 0. The normalized spacial score (nSPS) is 15.9. The summed E-state index contributed by atoms with van der Waals surface area (Å²) < 4.78 is 2.24. The molecule has 1 aromatic heterocycles. The van der Waals surface area contributed by atoms with Gasteiger partial charge >= 0.3 is 5.97 Å². The molecule has 1 aliphatic carbocycles. The van der Waals surface area contributed by atoms with Crippen molar-refractivity contribution in [2.45, 2.75) is 45.1 Å². The number of hydrogen-bond donors (Lipinski definition) is 1. The fraction of sp³-hybridized carbons (Fsp3) is 0.467. The lowest BCUT2D eigenvalue weighted by molar-refractivity contribution is 0.0697. The van der Waals surface area contributed by atoms with Gasteiger partial charge in [-0.15, -0.1) is 0 Å². The molecule has 1 aromatic carbocycles. The van der Waals surface area contributed by atoms with Crippen LogP contribution in [0.3, 0.4) is 0 Å². The van der Waals surface area contributed by atoms with E-state index in [1.165, 1.54) is 0 Å². The topological polar surface area (TPSA) is 55.1 Å². The maximum atomic E-state index is 11.1. The Morgan fingerprint density at radius 1 is 1.37 bits per heavy atom. The van der Waals surface area contributed by atoms with Gasteiger partial charge in [0.05, 0.1) is 16.6 Å². The first-order chi connectivity index (χ1) is 8.88. The van der Waals surface area contributed by atoms with Crippen LogP contribution in [-0.4, -0.2) is 20.6 Å². The quantitative estimate of drug-likeness (QED) is 0.898. The van der Waals surface area contributed by atoms with E-state index >= 15 is 0 Å². The number of aromatic nitrogens is 2. The van der Waals surface area contributed by atoms with E-state index in [1.54, 1.807) is 12.1 Å². The number of rotatable bonds is 2. The summed E-state index contributed by atoms with van der Waals surface area (Å²) in [5.41, 5.74) is 2.13. The number of carbonyl (C=O) groups is 1. The summed E-state index contributed by atoms with van der Waals surface area (Å²) in [4.78, 5) is 15.8. The van der Waals surface area contributed by atoms with Crippen LogP contribution in [0.5, 0.6) is 0 Å². The summed E-state index contributed by atoms with van der Waals surface area (Å²) in [5.74, 6) is 0.162. The minimum Gasteiger partial charge on any atom is -0.478 e. The molecule has 4 heteroatoms. The van der Waals surface area contributed by atoms with Gasteiger partial charge in [-0.2, -0.15) is 0 Å². The van der Waals surface area contributed by atoms with Gasteiger partial charge in [-0.25, -0.2) is 9.78 Å². The minimum atomic E-state index is -0.886. The number of fused-ring (bicyclic) bond motifs is 1. The van der Waals surface area contributed by atoms with Gasteiger partial charge in [-0.3, -0.25) is 0 Å². The largest absolute Gasteiger partial charge is 0.478 e. The van der Waals surface area contributed by atoms with Gasteiger partial charge in [-0.1, -0.05) is 20.8 Å². The first kappa shape index (κ1) is 12.2. The number of carboxylic acid groups (broad SMARTS) is 1. The lowest BCUT2D eigenvalue weighted by Gasteiger charge is -2.20. The van der Waals surface area contributed by atoms with Crippen LogP contribution in [0.15, 0.2) is 18.2 Å². The van der Waals surface area contributed by atoms with Crippen LogP contribution in [0.1, 0.15) is 55.8 Å². The molecule has 1 fully saturated rings. The molecule has 1 N–H and O–H groups in total. The molecule has 100 valence electrons. The Hall–Kier alpha value is -1.84. The maximum absolute atomic E-state index is 11.1. The van der Waals surface area contributed by atoms with Gasteiger partial charge in [0.1, 0.15) is 5.82 Å². The number of benzene rings is 1. The minimum absolute atomic E-state index is 0.0367. The van der Waals surface area contributed by atoms with E-state index in [-0.39, 0.29) is 5.41 Å². The number of carboxylic acids is 1. The van der Waals surface area contributed by atoms with Crippen LogP contribution >= 0.6 is 0 Å². The molecular weight excluding hydrogens is 240 g/mol. The molecule has 1 aliphatic rings. The molecule has 0 unspecified atom stereocenters. The highest BCUT2D eigenvalue weighted by Crippen LogP contribution is 2.41. The average molecular weight is 258 g/mol. The van der Waals surface area contributed by atoms with Crippen LogP contribution in [-0.2, 0) is 5.41 Å². The van der Waals surface area contributed by atoms with Crippen molar-refractivity contribution in [3.8, 4) is 0 Å². The molecule has 4 nitrogen and oxygen atoms in total. The lowest BCUT2D eigenvalue weighted by atomic mass is 9.95. The van der Waals surface area contributed by atoms with Crippen LogP contribution in [0, 0.1) is 0 Å². The first-order valence-electron chi connectivity index (χ1n) is 6.63. The van der Waals surface area contributed by atoms with Crippen LogP contribution in [0.25, 0.3) is 11.0 Å². The highest BCUT2D eigenvalue weighted by molar-refractivity contribution is 5.92. The molecule has 1 heterocycles. The van der Waals surface area contributed by atoms with Crippen molar-refractivity contribution < 1.29 is 9.90 Å². The predicted molar refractivity (Wildman–Crippen MR) is 73.7 cm³/mol. The molecule has 3 rings (SSSR count). The molecule has 0 spiro atoms. The van der Waals surface area contributed by atoms with Crippen molar-refractivity contribution in [3.63, 3.8) is 0 Å².